The molecule has 0 aliphatic heterocycles. The highest BCUT2D eigenvalue weighted by Crippen LogP contribution is 2.20. The second-order valence-electron chi connectivity index (χ2n) is 5.09. The number of hydrogen-bond donors (Lipinski definition) is 2. The van der Waals surface area contributed by atoms with E-state index in [1.165, 1.54) is 12.1 Å². The molecule has 0 atom stereocenters. The summed E-state index contributed by atoms with van der Waals surface area (Å²) in [6, 6.07) is 9.60. The van der Waals surface area contributed by atoms with Crippen molar-refractivity contribution >= 4 is 29.1 Å². The lowest BCUT2D eigenvalue weighted by Gasteiger charge is -2.12. The second-order valence-corrected chi connectivity index (χ2v) is 5.50. The molecule has 0 fully saturated rings. The van der Waals surface area contributed by atoms with Gasteiger partial charge >= 0.3 is 0 Å². The van der Waals surface area contributed by atoms with Crippen LogP contribution in [0.2, 0.25) is 5.02 Å². The summed E-state index contributed by atoms with van der Waals surface area (Å²) in [4.78, 5) is 23.9. The van der Waals surface area contributed by atoms with Crippen LogP contribution in [0.1, 0.15) is 21.5 Å². The Balaban J connectivity index is 2.01. The zero-order chi connectivity index (χ0) is 17.0. The summed E-state index contributed by atoms with van der Waals surface area (Å²) in [6.45, 7) is 3.47. The average Bonchev–Trinajstić information content (AvgIpc) is 2.49. The Labute approximate surface area is 138 Å². The Morgan fingerprint density at radius 1 is 1.09 bits per heavy atom. The summed E-state index contributed by atoms with van der Waals surface area (Å²) in [5, 5.41) is 5.10. The van der Waals surface area contributed by atoms with Crippen molar-refractivity contribution in [3.63, 3.8) is 0 Å². The number of rotatable bonds is 4. The lowest BCUT2D eigenvalue weighted by Crippen LogP contribution is -2.33. The zero-order valence-electron chi connectivity index (χ0n) is 12.7. The second kappa shape index (κ2) is 7.24. The molecule has 2 amide bonds. The minimum atomic E-state index is -0.732. The molecule has 0 radical (unpaired) electrons. The van der Waals surface area contributed by atoms with Crippen LogP contribution in [0.3, 0.4) is 0 Å². The summed E-state index contributed by atoms with van der Waals surface area (Å²) in [5.41, 5.74) is 2.27. The number of anilines is 1. The van der Waals surface area contributed by atoms with Crippen molar-refractivity contribution in [3.05, 3.63) is 63.9 Å². The van der Waals surface area contributed by atoms with Crippen LogP contribution < -0.4 is 10.6 Å². The van der Waals surface area contributed by atoms with Gasteiger partial charge in [-0.1, -0.05) is 35.9 Å². The zero-order valence-corrected chi connectivity index (χ0v) is 13.5. The summed E-state index contributed by atoms with van der Waals surface area (Å²) >= 11 is 5.81. The first-order chi connectivity index (χ1) is 10.9. The maximum atomic E-state index is 13.6. The number of carbonyl (C=O) groups is 2. The molecule has 2 rings (SSSR count). The molecule has 0 saturated carbocycles. The van der Waals surface area contributed by atoms with Crippen LogP contribution in [0.4, 0.5) is 10.1 Å². The van der Waals surface area contributed by atoms with Crippen LogP contribution >= 0.6 is 11.6 Å². The Bertz CT molecular complexity index is 722. The van der Waals surface area contributed by atoms with Crippen LogP contribution in [0.25, 0.3) is 0 Å². The summed E-state index contributed by atoms with van der Waals surface area (Å²) in [7, 11) is 0. The van der Waals surface area contributed by atoms with Crippen LogP contribution in [-0.4, -0.2) is 18.4 Å². The monoisotopic (exact) mass is 334 g/mol. The van der Waals surface area contributed by atoms with E-state index in [1.54, 1.807) is 0 Å². The van der Waals surface area contributed by atoms with Crippen molar-refractivity contribution in [1.82, 2.24) is 5.32 Å². The quantitative estimate of drug-likeness (QED) is 0.899. The molecule has 2 aromatic carbocycles. The van der Waals surface area contributed by atoms with Crippen LogP contribution in [0.5, 0.6) is 0 Å². The fourth-order valence-corrected chi connectivity index (χ4v) is 2.41. The predicted molar refractivity (Wildman–Crippen MR) is 88.3 cm³/mol. The molecule has 4 nitrogen and oxygen atoms in total. The molecule has 0 heterocycles. The maximum absolute atomic E-state index is 13.6. The number of hydrogen-bond acceptors (Lipinski definition) is 2. The largest absolute Gasteiger partial charge is 0.343 e. The van der Waals surface area contributed by atoms with E-state index in [4.69, 9.17) is 11.6 Å². The minimum Gasteiger partial charge on any atom is -0.343 e. The lowest BCUT2D eigenvalue weighted by atomic mass is 10.1. The molecule has 0 saturated heterocycles. The van der Waals surface area contributed by atoms with E-state index in [1.807, 2.05) is 32.0 Å². The predicted octanol–water partition coefficient (Wildman–Crippen LogP) is 3.46. The van der Waals surface area contributed by atoms with Crippen molar-refractivity contribution in [3.8, 4) is 0 Å². The van der Waals surface area contributed by atoms with E-state index in [9.17, 15) is 14.0 Å². The number of aryl methyl sites for hydroxylation is 2. The third kappa shape index (κ3) is 4.07. The molecular weight excluding hydrogens is 319 g/mol. The average molecular weight is 335 g/mol. The first-order valence-electron chi connectivity index (χ1n) is 6.98. The van der Waals surface area contributed by atoms with Gasteiger partial charge in [-0.15, -0.1) is 0 Å². The molecule has 0 aliphatic carbocycles. The highest BCUT2D eigenvalue weighted by atomic mass is 35.5. The molecule has 6 heteroatoms. The molecule has 2 aromatic rings. The van der Waals surface area contributed by atoms with Crippen molar-refractivity contribution in [2.45, 2.75) is 13.8 Å². The smallest absolute Gasteiger partial charge is 0.256 e. The Morgan fingerprint density at radius 3 is 2.30 bits per heavy atom. The fraction of sp³-hybridized carbons (Fsp3) is 0.176. The van der Waals surface area contributed by atoms with E-state index in [0.29, 0.717) is 5.69 Å². The summed E-state index contributed by atoms with van der Waals surface area (Å²) in [5.74, 6) is -1.86. The summed E-state index contributed by atoms with van der Waals surface area (Å²) < 4.78 is 13.6. The fourth-order valence-electron chi connectivity index (χ4n) is 2.16. The highest BCUT2D eigenvalue weighted by Gasteiger charge is 2.16. The van der Waals surface area contributed by atoms with Gasteiger partial charge in [0, 0.05) is 5.69 Å². The van der Waals surface area contributed by atoms with Crippen molar-refractivity contribution in [2.24, 2.45) is 0 Å². The van der Waals surface area contributed by atoms with Gasteiger partial charge in [0.15, 0.2) is 0 Å². The minimum absolute atomic E-state index is 0.00217. The number of carbonyl (C=O) groups excluding carboxylic acids is 2. The van der Waals surface area contributed by atoms with Crippen molar-refractivity contribution < 1.29 is 14.0 Å². The molecule has 2 N–H and O–H groups in total. The van der Waals surface area contributed by atoms with E-state index in [2.05, 4.69) is 10.6 Å². The standard InChI is InChI=1S/C17H16ClFN2O2/c1-10-5-3-6-11(2)16(10)21-14(22)9-20-17(23)15-12(18)7-4-8-13(15)19/h3-8H,9H2,1-2H3,(H,20,23)(H,21,22). The van der Waals surface area contributed by atoms with Crippen LogP contribution in [-0.2, 0) is 4.79 Å². The van der Waals surface area contributed by atoms with Crippen molar-refractivity contribution in [1.29, 1.82) is 0 Å². The molecule has 120 valence electrons. The van der Waals surface area contributed by atoms with Crippen LogP contribution in [0.15, 0.2) is 36.4 Å². The first-order valence-corrected chi connectivity index (χ1v) is 7.36. The Kier molecular flexibility index (Phi) is 5.34. The number of benzene rings is 2. The number of amides is 2. The van der Waals surface area contributed by atoms with Gasteiger partial charge < -0.3 is 10.6 Å². The third-order valence-electron chi connectivity index (χ3n) is 3.34. The number of para-hydroxylation sites is 1. The lowest BCUT2D eigenvalue weighted by molar-refractivity contribution is -0.115. The van der Waals surface area contributed by atoms with E-state index < -0.39 is 17.6 Å². The van der Waals surface area contributed by atoms with Gasteiger partial charge in [-0.05, 0) is 37.1 Å². The molecule has 0 aromatic heterocycles. The van der Waals surface area contributed by atoms with Gasteiger partial charge in [0.2, 0.25) is 5.91 Å². The van der Waals surface area contributed by atoms with Gasteiger partial charge in [0.05, 0.1) is 17.1 Å². The molecule has 23 heavy (non-hydrogen) atoms. The SMILES string of the molecule is Cc1cccc(C)c1NC(=O)CNC(=O)c1c(F)cccc1Cl. The number of nitrogens with one attached hydrogen (secondary N) is 2. The van der Waals surface area contributed by atoms with Gasteiger partial charge in [-0.25, -0.2) is 4.39 Å². The van der Waals surface area contributed by atoms with Gasteiger partial charge in [0.1, 0.15) is 5.82 Å². The van der Waals surface area contributed by atoms with Crippen LogP contribution in [0, 0.1) is 19.7 Å². The normalized spacial score (nSPS) is 10.3. The molecule has 0 spiro atoms. The number of halogens is 2. The molecule has 0 aliphatic rings. The Morgan fingerprint density at radius 2 is 1.70 bits per heavy atom. The topological polar surface area (TPSA) is 58.2 Å². The molecule has 0 unspecified atom stereocenters. The molecule has 0 bridgehead atoms. The Hall–Kier alpha value is -2.40. The van der Waals surface area contributed by atoms with E-state index in [0.717, 1.165) is 17.2 Å². The maximum Gasteiger partial charge on any atom is 0.256 e. The third-order valence-corrected chi connectivity index (χ3v) is 3.66. The van der Waals surface area contributed by atoms with E-state index >= 15 is 0 Å². The van der Waals surface area contributed by atoms with E-state index in [-0.39, 0.29) is 17.1 Å². The van der Waals surface area contributed by atoms with Gasteiger partial charge in [-0.3, -0.25) is 9.59 Å². The van der Waals surface area contributed by atoms with Gasteiger partial charge in [-0.2, -0.15) is 0 Å². The first kappa shape index (κ1) is 17.0. The van der Waals surface area contributed by atoms with Gasteiger partial charge in [0.25, 0.3) is 5.91 Å². The van der Waals surface area contributed by atoms with Crippen molar-refractivity contribution in [2.75, 3.05) is 11.9 Å². The summed E-state index contributed by atoms with van der Waals surface area (Å²) in [6.07, 6.45) is 0. The highest BCUT2D eigenvalue weighted by molar-refractivity contribution is 6.33. The molecular formula is C17H16ClFN2O2.